The topological polar surface area (TPSA) is 35.2 Å². The molecule has 0 bridgehead atoms. The number of aryl methyl sites for hydroxylation is 1. The standard InChI is InChI=1S/C11H16FNO/c1-7-5-6-8(12)10(14-4)9(7)11(2,3)13/h5-6H,13H2,1-4H3. The predicted molar refractivity (Wildman–Crippen MR) is 54.9 cm³/mol. The highest BCUT2D eigenvalue weighted by Crippen LogP contribution is 2.32. The molecule has 2 nitrogen and oxygen atoms in total. The van der Waals surface area contributed by atoms with Crippen LogP contribution in [0, 0.1) is 12.7 Å². The van der Waals surface area contributed by atoms with Gasteiger partial charge in [-0.05, 0) is 32.4 Å². The van der Waals surface area contributed by atoms with Gasteiger partial charge in [0.2, 0.25) is 0 Å². The summed E-state index contributed by atoms with van der Waals surface area (Å²) in [6.45, 7) is 5.56. The van der Waals surface area contributed by atoms with E-state index in [1.165, 1.54) is 13.2 Å². The Hall–Kier alpha value is -1.09. The Labute approximate surface area is 83.9 Å². The highest BCUT2D eigenvalue weighted by Gasteiger charge is 2.23. The minimum atomic E-state index is -0.600. The molecule has 0 aliphatic heterocycles. The molecular formula is C11H16FNO. The van der Waals surface area contributed by atoms with Crippen molar-refractivity contribution in [3.05, 3.63) is 29.1 Å². The van der Waals surface area contributed by atoms with E-state index in [9.17, 15) is 4.39 Å². The number of hydrogen-bond donors (Lipinski definition) is 1. The maximum atomic E-state index is 13.4. The van der Waals surface area contributed by atoms with E-state index in [1.807, 2.05) is 20.8 Å². The van der Waals surface area contributed by atoms with Gasteiger partial charge < -0.3 is 10.5 Å². The highest BCUT2D eigenvalue weighted by molar-refractivity contribution is 5.44. The van der Waals surface area contributed by atoms with Crippen LogP contribution in [-0.4, -0.2) is 7.11 Å². The first kappa shape index (κ1) is 11.0. The van der Waals surface area contributed by atoms with Crippen molar-refractivity contribution >= 4 is 0 Å². The van der Waals surface area contributed by atoms with E-state index >= 15 is 0 Å². The third-order valence-electron chi connectivity index (χ3n) is 2.17. The maximum absolute atomic E-state index is 13.4. The molecule has 3 heteroatoms. The second-order valence-electron chi connectivity index (χ2n) is 3.99. The Morgan fingerprint density at radius 3 is 2.29 bits per heavy atom. The molecular weight excluding hydrogens is 181 g/mol. The normalized spacial score (nSPS) is 11.6. The van der Waals surface area contributed by atoms with Crippen molar-refractivity contribution in [3.8, 4) is 5.75 Å². The van der Waals surface area contributed by atoms with Crippen molar-refractivity contribution in [1.29, 1.82) is 0 Å². The van der Waals surface area contributed by atoms with Crippen LogP contribution in [0.25, 0.3) is 0 Å². The van der Waals surface area contributed by atoms with Gasteiger partial charge in [0.1, 0.15) is 0 Å². The van der Waals surface area contributed by atoms with Crippen LogP contribution < -0.4 is 10.5 Å². The molecule has 0 amide bonds. The van der Waals surface area contributed by atoms with E-state index in [1.54, 1.807) is 6.07 Å². The van der Waals surface area contributed by atoms with Gasteiger partial charge in [-0.3, -0.25) is 0 Å². The van der Waals surface area contributed by atoms with Crippen LogP contribution in [0.5, 0.6) is 5.75 Å². The number of methoxy groups -OCH3 is 1. The Bertz CT molecular complexity index is 342. The van der Waals surface area contributed by atoms with E-state index in [-0.39, 0.29) is 11.6 Å². The Balaban J connectivity index is 3.46. The maximum Gasteiger partial charge on any atom is 0.165 e. The van der Waals surface area contributed by atoms with Crippen LogP contribution in [0.1, 0.15) is 25.0 Å². The van der Waals surface area contributed by atoms with Crippen LogP contribution in [0.4, 0.5) is 4.39 Å². The van der Waals surface area contributed by atoms with Crippen molar-refractivity contribution in [3.63, 3.8) is 0 Å². The molecule has 0 saturated heterocycles. The first-order valence-electron chi connectivity index (χ1n) is 4.50. The van der Waals surface area contributed by atoms with Gasteiger partial charge in [0.05, 0.1) is 7.11 Å². The SMILES string of the molecule is COc1c(F)ccc(C)c1C(C)(C)N. The van der Waals surface area contributed by atoms with E-state index in [0.717, 1.165) is 11.1 Å². The fourth-order valence-corrected chi connectivity index (χ4v) is 1.66. The van der Waals surface area contributed by atoms with E-state index in [4.69, 9.17) is 10.5 Å². The zero-order chi connectivity index (χ0) is 10.9. The molecule has 78 valence electrons. The average Bonchev–Trinajstić information content (AvgIpc) is 2.06. The minimum Gasteiger partial charge on any atom is -0.493 e. The lowest BCUT2D eigenvalue weighted by Gasteiger charge is -2.24. The molecule has 1 aromatic rings. The van der Waals surface area contributed by atoms with Gasteiger partial charge in [0.15, 0.2) is 11.6 Å². The van der Waals surface area contributed by atoms with Crippen molar-refractivity contribution in [2.24, 2.45) is 5.73 Å². The van der Waals surface area contributed by atoms with Crippen LogP contribution >= 0.6 is 0 Å². The molecule has 2 N–H and O–H groups in total. The lowest BCUT2D eigenvalue weighted by atomic mass is 9.90. The summed E-state index contributed by atoms with van der Waals surface area (Å²) in [5.74, 6) is -0.121. The summed E-state index contributed by atoms with van der Waals surface area (Å²) in [5.41, 5.74) is 7.02. The van der Waals surface area contributed by atoms with Crippen molar-refractivity contribution < 1.29 is 9.13 Å². The average molecular weight is 197 g/mol. The van der Waals surface area contributed by atoms with Gasteiger partial charge in [-0.15, -0.1) is 0 Å². The Morgan fingerprint density at radius 2 is 1.93 bits per heavy atom. The molecule has 0 radical (unpaired) electrons. The van der Waals surface area contributed by atoms with Gasteiger partial charge in [-0.1, -0.05) is 6.07 Å². The molecule has 0 spiro atoms. The zero-order valence-corrected chi connectivity index (χ0v) is 9.02. The summed E-state index contributed by atoms with van der Waals surface area (Å²) < 4.78 is 18.4. The van der Waals surface area contributed by atoms with Crippen molar-refractivity contribution in [1.82, 2.24) is 0 Å². The molecule has 0 heterocycles. The van der Waals surface area contributed by atoms with Crippen LogP contribution in [0.3, 0.4) is 0 Å². The number of nitrogens with two attached hydrogens (primary N) is 1. The second-order valence-corrected chi connectivity index (χ2v) is 3.99. The number of halogens is 1. The fourth-order valence-electron chi connectivity index (χ4n) is 1.66. The highest BCUT2D eigenvalue weighted by atomic mass is 19.1. The lowest BCUT2D eigenvalue weighted by Crippen LogP contribution is -2.30. The third-order valence-corrected chi connectivity index (χ3v) is 2.17. The Morgan fingerprint density at radius 1 is 1.36 bits per heavy atom. The molecule has 0 aliphatic rings. The van der Waals surface area contributed by atoms with Crippen LogP contribution in [0.2, 0.25) is 0 Å². The molecule has 1 rings (SSSR count). The fraction of sp³-hybridized carbons (Fsp3) is 0.455. The van der Waals surface area contributed by atoms with Gasteiger partial charge in [0, 0.05) is 11.1 Å². The summed E-state index contributed by atoms with van der Waals surface area (Å²) >= 11 is 0. The molecule has 0 saturated carbocycles. The van der Waals surface area contributed by atoms with E-state index < -0.39 is 5.54 Å². The number of hydrogen-bond acceptors (Lipinski definition) is 2. The summed E-state index contributed by atoms with van der Waals surface area (Å²) in [6.07, 6.45) is 0. The Kier molecular flexibility index (Phi) is 2.81. The molecule has 0 atom stereocenters. The summed E-state index contributed by atoms with van der Waals surface area (Å²) in [6, 6.07) is 3.10. The van der Waals surface area contributed by atoms with Crippen LogP contribution in [-0.2, 0) is 5.54 Å². The molecule has 14 heavy (non-hydrogen) atoms. The predicted octanol–water partition coefficient (Wildman–Crippen LogP) is 2.34. The largest absolute Gasteiger partial charge is 0.493 e. The third kappa shape index (κ3) is 1.87. The minimum absolute atomic E-state index is 0.248. The molecule has 0 aliphatic carbocycles. The van der Waals surface area contributed by atoms with Crippen LogP contribution in [0.15, 0.2) is 12.1 Å². The van der Waals surface area contributed by atoms with E-state index in [2.05, 4.69) is 0 Å². The summed E-state index contributed by atoms with van der Waals surface area (Å²) in [5, 5.41) is 0. The van der Waals surface area contributed by atoms with E-state index in [0.29, 0.717) is 0 Å². The number of benzene rings is 1. The van der Waals surface area contributed by atoms with Crippen molar-refractivity contribution in [2.75, 3.05) is 7.11 Å². The van der Waals surface area contributed by atoms with Gasteiger partial charge in [-0.25, -0.2) is 4.39 Å². The first-order valence-corrected chi connectivity index (χ1v) is 4.50. The second kappa shape index (κ2) is 3.58. The van der Waals surface area contributed by atoms with Gasteiger partial charge in [-0.2, -0.15) is 0 Å². The zero-order valence-electron chi connectivity index (χ0n) is 9.02. The molecule has 0 aromatic heterocycles. The summed E-state index contributed by atoms with van der Waals surface area (Å²) in [4.78, 5) is 0. The van der Waals surface area contributed by atoms with Gasteiger partial charge in [0.25, 0.3) is 0 Å². The van der Waals surface area contributed by atoms with Gasteiger partial charge >= 0.3 is 0 Å². The smallest absolute Gasteiger partial charge is 0.165 e. The number of rotatable bonds is 2. The summed E-state index contributed by atoms with van der Waals surface area (Å²) in [7, 11) is 1.45. The van der Waals surface area contributed by atoms with Crippen molar-refractivity contribution in [2.45, 2.75) is 26.3 Å². The molecule has 1 aromatic carbocycles. The number of ether oxygens (including phenoxy) is 1. The lowest BCUT2D eigenvalue weighted by molar-refractivity contribution is 0.367. The molecule has 0 unspecified atom stereocenters. The first-order chi connectivity index (χ1) is 6.38. The quantitative estimate of drug-likeness (QED) is 0.789. The monoisotopic (exact) mass is 197 g/mol. The molecule has 0 fully saturated rings.